The van der Waals surface area contributed by atoms with E-state index in [4.69, 9.17) is 10.00 Å². The van der Waals surface area contributed by atoms with Gasteiger partial charge in [-0.05, 0) is 31.4 Å². The molecule has 1 amide bonds. The van der Waals surface area contributed by atoms with Crippen LogP contribution in [-0.4, -0.2) is 35.1 Å². The maximum Gasteiger partial charge on any atom is 0.410 e. The van der Waals surface area contributed by atoms with E-state index in [1.165, 1.54) is 0 Å². The van der Waals surface area contributed by atoms with Crippen LogP contribution in [0.1, 0.15) is 43.4 Å². The summed E-state index contributed by atoms with van der Waals surface area (Å²) in [6, 6.07) is 13.6. The van der Waals surface area contributed by atoms with E-state index in [-0.39, 0.29) is 18.7 Å². The molecule has 3 rings (SSSR count). The molecule has 148 valence electrons. The molecule has 0 aliphatic carbocycles. The number of nitrogens with one attached hydrogen (secondary N) is 1. The van der Waals surface area contributed by atoms with Gasteiger partial charge in [-0.15, -0.1) is 0 Å². The second-order valence-corrected chi connectivity index (χ2v) is 6.41. The van der Waals surface area contributed by atoms with Crippen LogP contribution in [0.4, 0.5) is 10.6 Å². The number of hydrogen-bond acceptors (Lipinski definition) is 5. The number of rotatable bonds is 4. The Labute approximate surface area is 167 Å². The average molecular weight is 380 g/mol. The largest absolute Gasteiger partial charge is 0.445 e. The number of aromatic nitrogens is 1. The number of ether oxygens (including phenoxy) is 1. The summed E-state index contributed by atoms with van der Waals surface area (Å²) in [5, 5.41) is 12.5. The minimum absolute atomic E-state index is 0.0909. The van der Waals surface area contributed by atoms with Gasteiger partial charge in [0.05, 0.1) is 11.6 Å². The van der Waals surface area contributed by atoms with Crippen LogP contribution < -0.4 is 5.32 Å². The Hall–Kier alpha value is -3.07. The van der Waals surface area contributed by atoms with Gasteiger partial charge in [-0.25, -0.2) is 9.78 Å². The Kier molecular flexibility index (Phi) is 8.29. The van der Waals surface area contributed by atoms with Crippen molar-refractivity contribution in [3.8, 4) is 6.07 Å². The fourth-order valence-electron chi connectivity index (χ4n) is 3.07. The number of likely N-dealkylation sites (tertiary alicyclic amines) is 1. The fourth-order valence-corrected chi connectivity index (χ4v) is 3.07. The van der Waals surface area contributed by atoms with Gasteiger partial charge in [-0.3, -0.25) is 0 Å². The first-order chi connectivity index (χ1) is 13.7. The molecule has 1 fully saturated rings. The summed E-state index contributed by atoms with van der Waals surface area (Å²) in [6.07, 6.45) is 3.17. The molecule has 0 unspecified atom stereocenters. The number of benzene rings is 1. The van der Waals surface area contributed by atoms with Crippen molar-refractivity contribution in [2.45, 2.75) is 46.3 Å². The zero-order chi connectivity index (χ0) is 20.4. The van der Waals surface area contributed by atoms with E-state index in [1.54, 1.807) is 17.2 Å². The lowest BCUT2D eigenvalue weighted by molar-refractivity contribution is 0.0874. The second kappa shape index (κ2) is 10.9. The van der Waals surface area contributed by atoms with Crippen LogP contribution in [0.3, 0.4) is 0 Å². The minimum Gasteiger partial charge on any atom is -0.445 e. The zero-order valence-electron chi connectivity index (χ0n) is 16.8. The summed E-state index contributed by atoms with van der Waals surface area (Å²) in [4.78, 5) is 18.4. The van der Waals surface area contributed by atoms with E-state index >= 15 is 0 Å². The van der Waals surface area contributed by atoms with Gasteiger partial charge in [0.15, 0.2) is 0 Å². The molecule has 0 bridgehead atoms. The van der Waals surface area contributed by atoms with Crippen LogP contribution in [0.25, 0.3) is 0 Å². The molecule has 1 aromatic carbocycles. The second-order valence-electron chi connectivity index (χ2n) is 6.41. The summed E-state index contributed by atoms with van der Waals surface area (Å²) in [6.45, 7) is 7.41. The van der Waals surface area contributed by atoms with E-state index in [1.807, 2.05) is 51.1 Å². The number of amides is 1. The standard InChI is InChI=1S/C20H22N4O2.C2H6/c1-15-17(12-21)9-10-22-19(15)23-18-8-5-11-24(13-18)20(25)26-14-16-6-3-2-4-7-16;1-2/h2-4,6-7,9-10,18H,5,8,11,13-14H2,1H3,(H,22,23);1-2H3/t18-;/m1./s1. The third-order valence-corrected chi connectivity index (χ3v) is 4.55. The van der Waals surface area contributed by atoms with Gasteiger partial charge in [0.2, 0.25) is 0 Å². The highest BCUT2D eigenvalue weighted by Gasteiger charge is 2.25. The molecular weight excluding hydrogens is 352 g/mol. The van der Waals surface area contributed by atoms with Crippen molar-refractivity contribution in [3.05, 3.63) is 59.3 Å². The highest BCUT2D eigenvalue weighted by molar-refractivity contribution is 5.68. The molecule has 2 aromatic rings. The molecule has 6 nitrogen and oxygen atoms in total. The van der Waals surface area contributed by atoms with E-state index in [0.29, 0.717) is 24.5 Å². The lowest BCUT2D eigenvalue weighted by Crippen LogP contribution is -2.45. The fraction of sp³-hybridized carbons (Fsp3) is 0.409. The molecule has 6 heteroatoms. The quantitative estimate of drug-likeness (QED) is 0.845. The molecule has 2 heterocycles. The maximum atomic E-state index is 12.4. The van der Waals surface area contributed by atoms with E-state index in [9.17, 15) is 4.79 Å². The van der Waals surface area contributed by atoms with Gasteiger partial charge in [-0.2, -0.15) is 5.26 Å². The lowest BCUT2D eigenvalue weighted by Gasteiger charge is -2.33. The average Bonchev–Trinajstić information content (AvgIpc) is 2.76. The van der Waals surface area contributed by atoms with Crippen LogP contribution in [0.2, 0.25) is 0 Å². The van der Waals surface area contributed by atoms with E-state index in [2.05, 4.69) is 16.4 Å². The van der Waals surface area contributed by atoms with Crippen molar-refractivity contribution in [1.82, 2.24) is 9.88 Å². The third kappa shape index (κ3) is 5.71. The molecule has 1 aromatic heterocycles. The van der Waals surface area contributed by atoms with Crippen LogP contribution in [0, 0.1) is 18.3 Å². The van der Waals surface area contributed by atoms with Crippen LogP contribution in [0.15, 0.2) is 42.6 Å². The highest BCUT2D eigenvalue weighted by atomic mass is 16.6. The number of carbonyl (C=O) groups excluding carboxylic acids is 1. The first-order valence-corrected chi connectivity index (χ1v) is 9.75. The SMILES string of the molecule is CC.Cc1c(C#N)ccnc1N[C@@H]1CCCN(C(=O)OCc2ccccc2)C1. The Morgan fingerprint density at radius 3 is 2.79 bits per heavy atom. The zero-order valence-corrected chi connectivity index (χ0v) is 16.8. The number of piperidine rings is 1. The summed E-state index contributed by atoms with van der Waals surface area (Å²) in [7, 11) is 0. The first-order valence-electron chi connectivity index (χ1n) is 9.75. The normalized spacial score (nSPS) is 15.6. The van der Waals surface area contributed by atoms with Crippen molar-refractivity contribution in [1.29, 1.82) is 5.26 Å². The monoisotopic (exact) mass is 380 g/mol. The number of hydrogen-bond donors (Lipinski definition) is 1. The smallest absolute Gasteiger partial charge is 0.410 e. The van der Waals surface area contributed by atoms with Crippen molar-refractivity contribution in [2.75, 3.05) is 18.4 Å². The molecular formula is C22H28N4O2. The number of carbonyl (C=O) groups is 1. The van der Waals surface area contributed by atoms with Crippen molar-refractivity contribution in [3.63, 3.8) is 0 Å². The van der Waals surface area contributed by atoms with Gasteiger partial charge in [0.1, 0.15) is 12.4 Å². The Morgan fingerprint density at radius 2 is 2.07 bits per heavy atom. The molecule has 0 spiro atoms. The van der Waals surface area contributed by atoms with Gasteiger partial charge in [0, 0.05) is 30.9 Å². The number of nitriles is 1. The minimum atomic E-state index is -0.296. The topological polar surface area (TPSA) is 78.3 Å². The number of anilines is 1. The molecule has 0 saturated carbocycles. The van der Waals surface area contributed by atoms with Gasteiger partial charge in [-0.1, -0.05) is 44.2 Å². The Balaban J connectivity index is 0.00000136. The van der Waals surface area contributed by atoms with Crippen molar-refractivity contribution >= 4 is 11.9 Å². The van der Waals surface area contributed by atoms with Gasteiger partial charge < -0.3 is 15.0 Å². The third-order valence-electron chi connectivity index (χ3n) is 4.55. The van der Waals surface area contributed by atoms with E-state index in [0.717, 1.165) is 24.0 Å². The summed E-state index contributed by atoms with van der Waals surface area (Å²) < 4.78 is 5.43. The molecule has 1 N–H and O–H groups in total. The molecule has 28 heavy (non-hydrogen) atoms. The predicted molar refractivity (Wildman–Crippen MR) is 110 cm³/mol. The number of nitrogens with zero attached hydrogens (tertiary/aromatic N) is 3. The van der Waals surface area contributed by atoms with Crippen molar-refractivity contribution in [2.24, 2.45) is 0 Å². The summed E-state index contributed by atoms with van der Waals surface area (Å²) >= 11 is 0. The van der Waals surface area contributed by atoms with Crippen molar-refractivity contribution < 1.29 is 9.53 Å². The molecule has 1 aliphatic heterocycles. The number of pyridine rings is 1. The Bertz CT molecular complexity index is 802. The summed E-state index contributed by atoms with van der Waals surface area (Å²) in [5.41, 5.74) is 2.41. The molecule has 1 aliphatic rings. The van der Waals surface area contributed by atoms with Crippen LogP contribution in [0.5, 0.6) is 0 Å². The lowest BCUT2D eigenvalue weighted by atomic mass is 10.1. The summed E-state index contributed by atoms with van der Waals surface area (Å²) in [5.74, 6) is 0.702. The molecule has 1 saturated heterocycles. The molecule has 1 atom stereocenters. The predicted octanol–water partition coefficient (Wildman–Crippen LogP) is 4.50. The van der Waals surface area contributed by atoms with Crippen LogP contribution in [-0.2, 0) is 11.3 Å². The first kappa shape index (κ1) is 21.2. The van der Waals surface area contributed by atoms with Crippen LogP contribution >= 0.6 is 0 Å². The maximum absolute atomic E-state index is 12.4. The highest BCUT2D eigenvalue weighted by Crippen LogP contribution is 2.20. The van der Waals surface area contributed by atoms with Gasteiger partial charge >= 0.3 is 6.09 Å². The Morgan fingerprint density at radius 1 is 1.32 bits per heavy atom. The molecule has 0 radical (unpaired) electrons. The van der Waals surface area contributed by atoms with Gasteiger partial charge in [0.25, 0.3) is 0 Å². The van der Waals surface area contributed by atoms with E-state index < -0.39 is 0 Å².